The number of nitriles is 1. The molecule has 0 bridgehead atoms. The topological polar surface area (TPSA) is 129 Å². The number of anilines is 1. The number of likely N-dealkylation sites (tertiary alicyclic amines) is 1. The Balaban J connectivity index is 0.00000400. The summed E-state index contributed by atoms with van der Waals surface area (Å²) in [7, 11) is 2.11. The molecule has 3 fully saturated rings. The number of nitrogens with two attached hydrogens (primary N) is 1. The normalized spacial score (nSPS) is 28.0. The van der Waals surface area contributed by atoms with Crippen LogP contribution in [0.1, 0.15) is 87.5 Å². The number of carbonyl (C=O) groups is 2. The van der Waals surface area contributed by atoms with Gasteiger partial charge in [0.1, 0.15) is 12.4 Å². The van der Waals surface area contributed by atoms with Crippen LogP contribution in [0, 0.1) is 16.7 Å². The fourth-order valence-electron chi connectivity index (χ4n) is 8.01. The third kappa shape index (κ3) is 6.12. The number of likely N-dealkylation sites (N-methyl/N-ethyl adjacent to an activating group) is 1. The molecule has 2 aromatic rings. The molecular formula is C33H42MnN7O3S-. The Bertz CT molecular complexity index is 1520. The molecular weight excluding hydrogens is 629 g/mol. The number of carbonyl (C=O) groups excluding carboxylic acids is 2. The number of allylic oxidation sites excluding steroid dienone is 1. The second-order valence-corrected chi connectivity index (χ2v) is 13.9. The first-order valence-corrected chi connectivity index (χ1v) is 16.7. The number of aromatic nitrogens is 2. The molecule has 2 aromatic heterocycles. The van der Waals surface area contributed by atoms with Gasteiger partial charge in [-0.3, -0.25) is 26.2 Å². The second-order valence-electron chi connectivity index (χ2n) is 13.0. The first-order chi connectivity index (χ1) is 21.1. The van der Waals surface area contributed by atoms with Gasteiger partial charge < -0.3 is 25.2 Å². The number of aryl methyl sites for hydroxylation is 1. The number of amides is 1. The van der Waals surface area contributed by atoms with Gasteiger partial charge in [-0.1, -0.05) is 23.8 Å². The molecule has 1 amide bonds. The van der Waals surface area contributed by atoms with Crippen LogP contribution in [0.5, 0.6) is 5.88 Å². The second kappa shape index (κ2) is 13.4. The molecule has 45 heavy (non-hydrogen) atoms. The van der Waals surface area contributed by atoms with Gasteiger partial charge in [0.05, 0.1) is 5.70 Å². The van der Waals surface area contributed by atoms with E-state index in [1.165, 1.54) is 11.3 Å². The van der Waals surface area contributed by atoms with E-state index >= 15 is 0 Å². The van der Waals surface area contributed by atoms with E-state index in [4.69, 9.17) is 20.4 Å². The number of fused-ring (bicyclic) bond motifs is 2. The molecule has 4 aliphatic rings. The van der Waals surface area contributed by atoms with Crippen LogP contribution >= 0.6 is 11.3 Å². The average molecular weight is 672 g/mol. The molecule has 0 unspecified atom stereocenters. The molecule has 6 rings (SSSR count). The maximum Gasteiger partial charge on any atom is 0.220 e. The molecule has 2 saturated heterocycles. The number of thiophene rings is 1. The molecule has 4 heterocycles. The molecule has 0 aromatic carbocycles. The molecule has 4 atom stereocenters. The van der Waals surface area contributed by atoms with Crippen molar-refractivity contribution in [2.45, 2.75) is 95.7 Å². The van der Waals surface area contributed by atoms with E-state index in [-0.39, 0.29) is 46.5 Å². The first kappa shape index (κ1) is 33.4. The van der Waals surface area contributed by atoms with Gasteiger partial charge in [0.25, 0.3) is 0 Å². The average Bonchev–Trinajstić information content (AvgIpc) is 3.62. The van der Waals surface area contributed by atoms with E-state index in [9.17, 15) is 14.9 Å². The minimum absolute atomic E-state index is 0. The number of piperazine rings is 1. The van der Waals surface area contributed by atoms with E-state index in [0.29, 0.717) is 73.7 Å². The zero-order chi connectivity index (χ0) is 31.2. The number of Topliss-reactive ketones (excluding diaryl/α,β-unsaturated/α-hetero) is 1. The molecule has 2 N–H and O–H groups in total. The van der Waals surface area contributed by atoms with Gasteiger partial charge in [-0.05, 0) is 72.0 Å². The van der Waals surface area contributed by atoms with Crippen molar-refractivity contribution in [3.05, 3.63) is 38.8 Å². The largest absolute Gasteiger partial charge is 0.476 e. The molecule has 1 spiro atoms. The number of ketones is 1. The van der Waals surface area contributed by atoms with Crippen LogP contribution in [0.2, 0.25) is 0 Å². The molecule has 1 radical (unpaired) electrons. The van der Waals surface area contributed by atoms with E-state index in [1.54, 1.807) is 6.92 Å². The molecule has 12 heteroatoms. The van der Waals surface area contributed by atoms with Crippen LogP contribution < -0.4 is 15.4 Å². The van der Waals surface area contributed by atoms with Gasteiger partial charge in [0.2, 0.25) is 11.8 Å². The van der Waals surface area contributed by atoms with E-state index in [0.717, 1.165) is 49.1 Å². The predicted octanol–water partition coefficient (Wildman–Crippen LogP) is 3.82. The fourth-order valence-corrected chi connectivity index (χ4v) is 9.03. The van der Waals surface area contributed by atoms with Crippen molar-refractivity contribution in [2.75, 3.05) is 38.2 Å². The van der Waals surface area contributed by atoms with Crippen molar-refractivity contribution >= 4 is 34.5 Å². The standard InChI is InChI=1S/C33H42N7O3S.Mn/c1-20-16-39(17-21(2)40(20)22(3)41)27-14-28(43-18-24-8-7-13-38(24)4)37-32(36-27)30(35)25-9-5-11-33(31(25)42)12-6-10-26-29(33)23(15-34)19-44-26;/h14,20-21,24H,5-13,16-18,35H2,1-4H3;/q-1;/b30-25-;/t20-,21-,24-,33-;/m0./s1. The van der Waals surface area contributed by atoms with Crippen molar-refractivity contribution in [1.82, 2.24) is 19.8 Å². The predicted molar refractivity (Wildman–Crippen MR) is 169 cm³/mol. The van der Waals surface area contributed by atoms with Gasteiger partial charge in [-0.25, -0.2) is 4.98 Å². The number of ether oxygens (including phenoxy) is 1. The monoisotopic (exact) mass is 671 g/mol. The third-order valence-electron chi connectivity index (χ3n) is 10.1. The van der Waals surface area contributed by atoms with Crippen molar-refractivity contribution in [3.8, 4) is 11.9 Å². The molecule has 10 nitrogen and oxygen atoms in total. The third-order valence-corrected chi connectivity index (χ3v) is 11.1. The molecule has 1 saturated carbocycles. The first-order valence-electron chi connectivity index (χ1n) is 15.9. The van der Waals surface area contributed by atoms with Crippen LogP contribution in [0.4, 0.5) is 5.82 Å². The summed E-state index contributed by atoms with van der Waals surface area (Å²) in [5.41, 5.74) is 8.32. The van der Waals surface area contributed by atoms with Crippen LogP contribution in [0.25, 0.3) is 5.70 Å². The number of hydrogen-bond acceptors (Lipinski definition) is 10. The summed E-state index contributed by atoms with van der Waals surface area (Å²) in [6.07, 6.45) is 6.72. The van der Waals surface area contributed by atoms with Crippen molar-refractivity contribution < 1.29 is 31.4 Å². The van der Waals surface area contributed by atoms with Gasteiger partial charge in [0.15, 0.2) is 11.6 Å². The quantitative estimate of drug-likeness (QED) is 0.287. The Hall–Kier alpha value is -2.97. The number of rotatable bonds is 5. The summed E-state index contributed by atoms with van der Waals surface area (Å²) in [5.74, 6) is 1.45. The van der Waals surface area contributed by atoms with Crippen molar-refractivity contribution in [2.24, 2.45) is 5.73 Å². The van der Waals surface area contributed by atoms with Gasteiger partial charge in [0, 0.05) is 72.3 Å². The smallest absolute Gasteiger partial charge is 0.220 e. The molecule has 2 aliphatic heterocycles. The summed E-state index contributed by atoms with van der Waals surface area (Å²) in [6.45, 7) is 8.48. The van der Waals surface area contributed by atoms with Crippen molar-refractivity contribution in [1.29, 1.82) is 5.26 Å². The van der Waals surface area contributed by atoms with Crippen molar-refractivity contribution in [3.63, 3.8) is 0 Å². The maximum absolute atomic E-state index is 14.4. The van der Waals surface area contributed by atoms with E-state index in [1.807, 2.05) is 24.8 Å². The molecule has 2 aliphatic carbocycles. The summed E-state index contributed by atoms with van der Waals surface area (Å²) in [5, 5.41) is 13.0. The zero-order valence-electron chi connectivity index (χ0n) is 26.6. The maximum atomic E-state index is 14.4. The number of nitrogens with zero attached hydrogens (tertiary/aromatic N) is 6. The Morgan fingerprint density at radius 1 is 1.20 bits per heavy atom. The Labute approximate surface area is 280 Å². The van der Waals surface area contributed by atoms with Crippen LogP contribution in [-0.4, -0.2) is 82.9 Å². The molecule has 241 valence electrons. The summed E-state index contributed by atoms with van der Waals surface area (Å²) < 4.78 is 6.30. The SMILES string of the molecule is CC(=O)N1[C@@H](C)CN(c2cc(OC[C@@H]3CCCN3C)nc(/C(N)=C3\CCC[C@@]4(CCCc5s[c-]c(C#N)c54)C3=O)n2)C[C@@H]1C.[Mn]. The summed E-state index contributed by atoms with van der Waals surface area (Å²) >= 11 is 1.47. The van der Waals surface area contributed by atoms with E-state index in [2.05, 4.69) is 28.3 Å². The Kier molecular flexibility index (Phi) is 9.95. The minimum atomic E-state index is -0.745. The van der Waals surface area contributed by atoms with Gasteiger partial charge in [-0.2, -0.15) is 4.98 Å². The van der Waals surface area contributed by atoms with Gasteiger partial charge >= 0.3 is 0 Å². The summed E-state index contributed by atoms with van der Waals surface area (Å²) in [4.78, 5) is 43.9. The Morgan fingerprint density at radius 2 is 1.91 bits per heavy atom. The Morgan fingerprint density at radius 3 is 2.56 bits per heavy atom. The van der Waals surface area contributed by atoms with Gasteiger partial charge in [-0.15, -0.1) is 10.4 Å². The number of hydrogen-bond donors (Lipinski definition) is 1. The van der Waals surface area contributed by atoms with Crippen LogP contribution in [0.15, 0.2) is 11.6 Å². The zero-order valence-corrected chi connectivity index (χ0v) is 28.6. The van der Waals surface area contributed by atoms with E-state index < -0.39 is 5.41 Å². The minimum Gasteiger partial charge on any atom is -0.476 e. The van der Waals surface area contributed by atoms with Crippen LogP contribution in [-0.2, 0) is 38.5 Å². The van der Waals surface area contributed by atoms with Crippen LogP contribution in [0.3, 0.4) is 0 Å². The summed E-state index contributed by atoms with van der Waals surface area (Å²) in [6, 6.07) is 4.46. The fraction of sp³-hybridized carbons (Fsp3) is 0.606.